The lowest BCUT2D eigenvalue weighted by Crippen LogP contribution is -2.20. The van der Waals surface area contributed by atoms with Crippen molar-refractivity contribution in [1.29, 1.82) is 0 Å². The van der Waals surface area contributed by atoms with Crippen LogP contribution < -0.4 is 0 Å². The molecule has 1 aromatic rings. The lowest BCUT2D eigenvalue weighted by molar-refractivity contribution is 0.276. The van der Waals surface area contributed by atoms with Crippen molar-refractivity contribution in [2.45, 2.75) is 111 Å². The average molecular weight is 433 g/mol. The summed E-state index contributed by atoms with van der Waals surface area (Å²) in [5.74, 6) is 3.50. The Morgan fingerprint density at radius 3 is 2.34 bits per heavy atom. The van der Waals surface area contributed by atoms with Gasteiger partial charge < -0.3 is 0 Å². The Hall–Kier alpha value is -1.56. The molecule has 0 aromatic heterocycles. The zero-order valence-electron chi connectivity index (χ0n) is 21.8. The minimum Gasteiger partial charge on any atom is -0.100 e. The van der Waals surface area contributed by atoms with Gasteiger partial charge in [-0.25, -0.2) is 0 Å². The Kier molecular flexibility index (Phi) is 9.04. The van der Waals surface area contributed by atoms with E-state index in [4.69, 9.17) is 0 Å². The molecule has 1 fully saturated rings. The van der Waals surface area contributed by atoms with Crippen LogP contribution in [0.5, 0.6) is 0 Å². The summed E-state index contributed by atoms with van der Waals surface area (Å²) < 4.78 is 0. The van der Waals surface area contributed by atoms with E-state index in [0.717, 1.165) is 37.0 Å². The summed E-state index contributed by atoms with van der Waals surface area (Å²) in [4.78, 5) is 0. The topological polar surface area (TPSA) is 0 Å². The van der Waals surface area contributed by atoms with Gasteiger partial charge in [0.05, 0.1) is 0 Å². The van der Waals surface area contributed by atoms with E-state index in [-0.39, 0.29) is 0 Å². The molecule has 0 heterocycles. The van der Waals surface area contributed by atoms with E-state index >= 15 is 0 Å². The predicted octanol–water partition coefficient (Wildman–Crippen LogP) is 9.92. The molecule has 1 aromatic carbocycles. The molecule has 0 N–H and O–H groups in total. The molecule has 0 saturated heterocycles. The highest BCUT2D eigenvalue weighted by Gasteiger charge is 2.28. The van der Waals surface area contributed by atoms with Crippen LogP contribution in [-0.2, 0) is 6.42 Å². The summed E-state index contributed by atoms with van der Waals surface area (Å²) in [6.45, 7) is 18.2. The third-order valence-corrected chi connectivity index (χ3v) is 7.79. The van der Waals surface area contributed by atoms with Crippen molar-refractivity contribution in [2.24, 2.45) is 17.8 Å². The molecule has 1 unspecified atom stereocenters. The van der Waals surface area contributed by atoms with Gasteiger partial charge >= 0.3 is 0 Å². The van der Waals surface area contributed by atoms with E-state index < -0.39 is 0 Å². The second-order valence-electron chi connectivity index (χ2n) is 11.7. The van der Waals surface area contributed by atoms with Gasteiger partial charge in [0.25, 0.3) is 0 Å². The first-order valence-electron chi connectivity index (χ1n) is 13.4. The monoisotopic (exact) mass is 432 g/mol. The van der Waals surface area contributed by atoms with Crippen LogP contribution in [0.4, 0.5) is 0 Å². The molecule has 0 amide bonds. The number of hydrogen-bond acceptors (Lipinski definition) is 0. The quantitative estimate of drug-likeness (QED) is 0.323. The van der Waals surface area contributed by atoms with Gasteiger partial charge in [-0.2, -0.15) is 0 Å². The van der Waals surface area contributed by atoms with Crippen LogP contribution in [0.2, 0.25) is 0 Å². The summed E-state index contributed by atoms with van der Waals surface area (Å²) in [6, 6.07) is 7.56. The second kappa shape index (κ2) is 11.5. The van der Waals surface area contributed by atoms with Gasteiger partial charge in [-0.3, -0.25) is 0 Å². The maximum absolute atomic E-state index is 4.17. The largest absolute Gasteiger partial charge is 0.100 e. The smallest absolute Gasteiger partial charge is 0.00578 e. The summed E-state index contributed by atoms with van der Waals surface area (Å²) in [5, 5.41) is 0. The Balaban J connectivity index is 1.96. The summed E-state index contributed by atoms with van der Waals surface area (Å²) in [7, 11) is 0. The highest BCUT2D eigenvalue weighted by molar-refractivity contribution is 5.43. The summed E-state index contributed by atoms with van der Waals surface area (Å²) in [6.07, 6.45) is 16.8. The van der Waals surface area contributed by atoms with Crippen molar-refractivity contribution in [1.82, 2.24) is 0 Å². The molecule has 2 atom stereocenters. The molecule has 0 heteroatoms. The zero-order chi connectivity index (χ0) is 23.3. The Morgan fingerprint density at radius 2 is 1.75 bits per heavy atom. The minimum atomic E-state index is 0.542. The van der Waals surface area contributed by atoms with E-state index in [1.54, 1.807) is 16.7 Å². The zero-order valence-corrected chi connectivity index (χ0v) is 21.8. The van der Waals surface area contributed by atoms with Crippen LogP contribution in [0.1, 0.15) is 121 Å². The number of benzene rings is 1. The van der Waals surface area contributed by atoms with Crippen LogP contribution >= 0.6 is 0 Å². The van der Waals surface area contributed by atoms with E-state index in [1.165, 1.54) is 55.2 Å². The van der Waals surface area contributed by atoms with Crippen molar-refractivity contribution in [3.05, 3.63) is 70.3 Å². The van der Waals surface area contributed by atoms with Crippen LogP contribution in [0, 0.1) is 17.8 Å². The first-order chi connectivity index (χ1) is 15.2. The van der Waals surface area contributed by atoms with Crippen molar-refractivity contribution in [3.63, 3.8) is 0 Å². The molecule has 0 aliphatic heterocycles. The lowest BCUT2D eigenvalue weighted by Gasteiger charge is -2.33. The summed E-state index contributed by atoms with van der Waals surface area (Å²) >= 11 is 0. The molecule has 32 heavy (non-hydrogen) atoms. The van der Waals surface area contributed by atoms with Gasteiger partial charge in [-0.05, 0) is 97.3 Å². The number of rotatable bonds is 10. The molecular formula is C32H48. The minimum absolute atomic E-state index is 0.542. The highest BCUT2D eigenvalue weighted by Crippen LogP contribution is 2.42. The first kappa shape index (κ1) is 25.1. The van der Waals surface area contributed by atoms with Gasteiger partial charge in [0.15, 0.2) is 0 Å². The first-order valence-corrected chi connectivity index (χ1v) is 13.4. The normalized spacial score (nSPS) is 19.2. The molecule has 0 spiro atoms. The maximum atomic E-state index is 4.17. The van der Waals surface area contributed by atoms with Gasteiger partial charge in [0.2, 0.25) is 0 Å². The van der Waals surface area contributed by atoms with Crippen LogP contribution in [-0.4, -0.2) is 0 Å². The van der Waals surface area contributed by atoms with Crippen LogP contribution in [0.25, 0.3) is 0 Å². The Labute approximate surface area is 199 Å². The van der Waals surface area contributed by atoms with Crippen LogP contribution in [0.15, 0.2) is 53.6 Å². The molecular weight excluding hydrogens is 384 g/mol. The third-order valence-electron chi connectivity index (χ3n) is 7.79. The van der Waals surface area contributed by atoms with Crippen LogP contribution in [0.3, 0.4) is 0 Å². The lowest BCUT2D eigenvalue weighted by atomic mass is 9.71. The van der Waals surface area contributed by atoms with Crippen molar-refractivity contribution < 1.29 is 0 Å². The summed E-state index contributed by atoms with van der Waals surface area (Å²) in [5.41, 5.74) is 9.18. The van der Waals surface area contributed by atoms with E-state index in [0.29, 0.717) is 11.8 Å². The fraction of sp³-hybridized carbons (Fsp3) is 0.625. The Bertz CT molecular complexity index is 826. The predicted molar refractivity (Wildman–Crippen MR) is 142 cm³/mol. The van der Waals surface area contributed by atoms with Crippen molar-refractivity contribution in [2.75, 3.05) is 0 Å². The highest BCUT2D eigenvalue weighted by atomic mass is 14.3. The number of allylic oxidation sites excluding steroid dienone is 5. The van der Waals surface area contributed by atoms with Gasteiger partial charge in [0.1, 0.15) is 0 Å². The SMILES string of the molecule is C=C(C)C[C@@H](C)c1ccc(C(CC(C)C)C2CCCCC2)c(CC2=CC(C(C)C)=CC2)c1. The van der Waals surface area contributed by atoms with E-state index in [2.05, 4.69) is 78.5 Å². The van der Waals surface area contributed by atoms with E-state index in [9.17, 15) is 0 Å². The van der Waals surface area contributed by atoms with Gasteiger partial charge in [-0.1, -0.05) is 95.4 Å². The second-order valence-corrected chi connectivity index (χ2v) is 11.7. The van der Waals surface area contributed by atoms with E-state index in [1.807, 2.05) is 0 Å². The van der Waals surface area contributed by atoms with Crippen molar-refractivity contribution >= 4 is 0 Å². The third kappa shape index (κ3) is 6.72. The fourth-order valence-electron chi connectivity index (χ4n) is 6.08. The van der Waals surface area contributed by atoms with Crippen molar-refractivity contribution in [3.8, 4) is 0 Å². The molecule has 2 aliphatic carbocycles. The molecule has 176 valence electrons. The molecule has 0 radical (unpaired) electrons. The molecule has 2 aliphatic rings. The standard InChI is InChI=1S/C32H48/c1-22(2)17-25(7)29-15-16-31(32(18-23(3)4)27-11-9-8-10-12-27)30(21-29)20-26-13-14-28(19-26)24(5)6/h14-16,19,21,23-25,27,32H,1,8-13,17-18,20H2,2-7H3/t25-,32?/m1/s1. The average Bonchev–Trinajstić information content (AvgIpc) is 3.21. The van der Waals surface area contributed by atoms with Gasteiger partial charge in [-0.15, -0.1) is 6.58 Å². The molecule has 0 nitrogen and oxygen atoms in total. The Morgan fingerprint density at radius 1 is 1.03 bits per heavy atom. The molecule has 1 saturated carbocycles. The molecule has 3 rings (SSSR count). The molecule has 0 bridgehead atoms. The van der Waals surface area contributed by atoms with Gasteiger partial charge in [0, 0.05) is 0 Å². The fourth-order valence-corrected chi connectivity index (χ4v) is 6.08. The maximum Gasteiger partial charge on any atom is -0.00578 e. The number of hydrogen-bond donors (Lipinski definition) is 0.